The molecular formula is C28H30F8O2. The van der Waals surface area contributed by atoms with Gasteiger partial charge in [-0.25, -0.2) is 26.3 Å². The molecule has 38 heavy (non-hydrogen) atoms. The van der Waals surface area contributed by atoms with Crippen molar-refractivity contribution in [1.82, 2.24) is 0 Å². The molecule has 0 aromatic heterocycles. The lowest BCUT2D eigenvalue weighted by Crippen LogP contribution is -2.26. The molecular weight excluding hydrogens is 520 g/mol. The second-order valence-corrected chi connectivity index (χ2v) is 9.81. The van der Waals surface area contributed by atoms with Crippen LogP contribution in [0.2, 0.25) is 0 Å². The van der Waals surface area contributed by atoms with Crippen molar-refractivity contribution in [2.75, 3.05) is 0 Å². The third-order valence-corrected chi connectivity index (χ3v) is 7.21. The van der Waals surface area contributed by atoms with Crippen LogP contribution in [0.5, 0.6) is 5.75 Å². The first-order chi connectivity index (χ1) is 18.0. The van der Waals surface area contributed by atoms with Gasteiger partial charge in [0.1, 0.15) is 0 Å². The van der Waals surface area contributed by atoms with Crippen molar-refractivity contribution in [2.45, 2.75) is 84.5 Å². The van der Waals surface area contributed by atoms with Crippen LogP contribution in [0.1, 0.15) is 83.6 Å². The predicted molar refractivity (Wildman–Crippen MR) is 125 cm³/mol. The predicted octanol–water partition coefficient (Wildman–Crippen LogP) is 9.10. The molecule has 0 atom stereocenters. The van der Waals surface area contributed by atoms with Crippen molar-refractivity contribution in [3.8, 4) is 16.9 Å². The number of ether oxygens (including phenoxy) is 1. The van der Waals surface area contributed by atoms with Crippen LogP contribution in [0.15, 0.2) is 0 Å². The first kappa shape index (κ1) is 29.9. The van der Waals surface area contributed by atoms with Crippen LogP contribution in [-0.4, -0.2) is 5.97 Å². The summed E-state index contributed by atoms with van der Waals surface area (Å²) in [5.74, 6) is -20.7. The summed E-state index contributed by atoms with van der Waals surface area (Å²) in [6.07, 6.45) is 6.44. The van der Waals surface area contributed by atoms with E-state index in [0.717, 1.165) is 25.7 Å². The molecule has 10 heteroatoms. The van der Waals surface area contributed by atoms with E-state index in [4.69, 9.17) is 0 Å². The van der Waals surface area contributed by atoms with Crippen LogP contribution in [-0.2, 0) is 11.2 Å². The number of esters is 1. The van der Waals surface area contributed by atoms with Gasteiger partial charge in [0, 0.05) is 5.56 Å². The van der Waals surface area contributed by atoms with Gasteiger partial charge in [0.15, 0.2) is 34.9 Å². The van der Waals surface area contributed by atoms with Crippen LogP contribution in [0, 0.1) is 58.4 Å². The van der Waals surface area contributed by atoms with Crippen LogP contribution < -0.4 is 4.74 Å². The zero-order valence-electron chi connectivity index (χ0n) is 21.3. The summed E-state index contributed by atoms with van der Waals surface area (Å²) < 4.78 is 122. The number of benzene rings is 2. The Kier molecular flexibility index (Phi) is 10.2. The lowest BCUT2D eigenvalue weighted by Gasteiger charge is -2.27. The fourth-order valence-corrected chi connectivity index (χ4v) is 4.94. The second kappa shape index (κ2) is 12.9. The lowest BCUT2D eigenvalue weighted by atomic mass is 9.80. The molecule has 0 heterocycles. The quantitative estimate of drug-likeness (QED) is 0.0970. The van der Waals surface area contributed by atoms with Crippen molar-refractivity contribution in [3.63, 3.8) is 0 Å². The molecule has 1 saturated carbocycles. The highest BCUT2D eigenvalue weighted by molar-refractivity contribution is 5.76. The number of hydrogen-bond donors (Lipinski definition) is 0. The molecule has 210 valence electrons. The molecule has 0 N–H and O–H groups in total. The summed E-state index contributed by atoms with van der Waals surface area (Å²) in [6.45, 7) is 3.73. The van der Waals surface area contributed by atoms with Crippen LogP contribution in [0.25, 0.3) is 11.1 Å². The Labute approximate surface area is 216 Å². The Hall–Kier alpha value is -2.65. The highest BCUT2D eigenvalue weighted by Crippen LogP contribution is 2.41. The summed E-state index contributed by atoms with van der Waals surface area (Å²) in [7, 11) is 0. The molecule has 0 bridgehead atoms. The van der Waals surface area contributed by atoms with Gasteiger partial charge in [0.05, 0.1) is 17.0 Å². The molecule has 0 spiro atoms. The van der Waals surface area contributed by atoms with E-state index in [1.807, 2.05) is 0 Å². The van der Waals surface area contributed by atoms with Gasteiger partial charge < -0.3 is 4.74 Å². The minimum absolute atomic E-state index is 0.151. The van der Waals surface area contributed by atoms with Crippen molar-refractivity contribution in [2.24, 2.45) is 11.8 Å². The van der Waals surface area contributed by atoms with Crippen molar-refractivity contribution < 1.29 is 44.7 Å². The Bertz CT molecular complexity index is 1110. The summed E-state index contributed by atoms with van der Waals surface area (Å²) in [6, 6.07) is 0. The fourth-order valence-electron chi connectivity index (χ4n) is 4.94. The fraction of sp³-hybridized carbons (Fsp3) is 0.536. The SMILES string of the molecule is CCCCCC1CCC(C(=O)Oc2c(F)c(F)c(-c3c(F)c(F)c(CCCC)c(F)c3F)c(F)c2F)CC1. The number of carbonyl (C=O) groups excluding carboxylic acids is 1. The third kappa shape index (κ3) is 5.99. The molecule has 0 aliphatic heterocycles. The largest absolute Gasteiger partial charge is 0.420 e. The van der Waals surface area contributed by atoms with Gasteiger partial charge >= 0.3 is 5.97 Å². The summed E-state index contributed by atoms with van der Waals surface area (Å²) in [4.78, 5) is 12.5. The average molecular weight is 551 g/mol. The smallest absolute Gasteiger partial charge is 0.314 e. The minimum atomic E-state index is -2.36. The molecule has 1 aliphatic rings. The number of carbonyl (C=O) groups is 1. The monoisotopic (exact) mass is 550 g/mol. The van der Waals surface area contributed by atoms with E-state index in [9.17, 15) is 39.9 Å². The number of rotatable bonds is 10. The van der Waals surface area contributed by atoms with E-state index < -0.39 is 87.3 Å². The first-order valence-electron chi connectivity index (χ1n) is 13.0. The Morgan fingerprint density at radius 1 is 0.658 bits per heavy atom. The Morgan fingerprint density at radius 2 is 1.13 bits per heavy atom. The van der Waals surface area contributed by atoms with Crippen molar-refractivity contribution >= 4 is 5.97 Å². The van der Waals surface area contributed by atoms with Crippen LogP contribution in [0.3, 0.4) is 0 Å². The topological polar surface area (TPSA) is 26.3 Å². The molecule has 1 fully saturated rings. The Morgan fingerprint density at radius 3 is 1.61 bits per heavy atom. The molecule has 2 aromatic rings. The van der Waals surface area contributed by atoms with E-state index in [1.165, 1.54) is 0 Å². The first-order valence-corrected chi connectivity index (χ1v) is 13.0. The molecule has 3 rings (SSSR count). The zero-order valence-corrected chi connectivity index (χ0v) is 21.3. The molecule has 0 radical (unpaired) electrons. The number of unbranched alkanes of at least 4 members (excludes halogenated alkanes) is 3. The van der Waals surface area contributed by atoms with Gasteiger partial charge in [-0.05, 0) is 44.4 Å². The Balaban J connectivity index is 1.90. The minimum Gasteiger partial charge on any atom is -0.420 e. The maximum Gasteiger partial charge on any atom is 0.314 e. The number of hydrogen-bond acceptors (Lipinski definition) is 2. The van der Waals surface area contributed by atoms with Crippen LogP contribution in [0.4, 0.5) is 35.1 Å². The van der Waals surface area contributed by atoms with E-state index in [-0.39, 0.29) is 6.42 Å². The zero-order chi connectivity index (χ0) is 28.1. The summed E-state index contributed by atoms with van der Waals surface area (Å²) in [5, 5.41) is 0. The maximum atomic E-state index is 14.9. The van der Waals surface area contributed by atoms with Gasteiger partial charge in [-0.1, -0.05) is 46.0 Å². The molecule has 2 nitrogen and oxygen atoms in total. The normalized spacial score (nSPS) is 17.6. The summed E-state index contributed by atoms with van der Waals surface area (Å²) >= 11 is 0. The average Bonchev–Trinajstić information content (AvgIpc) is 2.91. The van der Waals surface area contributed by atoms with Gasteiger partial charge in [-0.15, -0.1) is 0 Å². The van der Waals surface area contributed by atoms with Gasteiger partial charge in [0.25, 0.3) is 0 Å². The molecule has 1 aliphatic carbocycles. The second-order valence-electron chi connectivity index (χ2n) is 9.81. The highest BCUT2D eigenvalue weighted by Gasteiger charge is 2.36. The van der Waals surface area contributed by atoms with Crippen LogP contribution >= 0.6 is 0 Å². The van der Waals surface area contributed by atoms with E-state index in [0.29, 0.717) is 38.0 Å². The van der Waals surface area contributed by atoms with Gasteiger partial charge in [0.2, 0.25) is 17.4 Å². The van der Waals surface area contributed by atoms with Crippen molar-refractivity contribution in [1.29, 1.82) is 0 Å². The van der Waals surface area contributed by atoms with E-state index >= 15 is 0 Å². The standard InChI is InChI=1S/C28H30F8O2/c1-3-5-7-8-14-10-12-15(13-11-14)28(37)38-27-25(35)23(33)18(24(34)26(27)36)17-21(31)19(29)16(9-6-4-2)20(30)22(17)32/h14-15H,3-13H2,1-2H3. The maximum absolute atomic E-state index is 14.9. The van der Waals surface area contributed by atoms with Gasteiger partial charge in [-0.2, -0.15) is 8.78 Å². The lowest BCUT2D eigenvalue weighted by molar-refractivity contribution is -0.140. The molecule has 0 saturated heterocycles. The highest BCUT2D eigenvalue weighted by atomic mass is 19.2. The third-order valence-electron chi connectivity index (χ3n) is 7.21. The van der Waals surface area contributed by atoms with E-state index in [2.05, 4.69) is 11.7 Å². The summed E-state index contributed by atoms with van der Waals surface area (Å²) in [5.41, 5.74) is -4.91. The molecule has 2 aromatic carbocycles. The van der Waals surface area contributed by atoms with E-state index in [1.54, 1.807) is 6.92 Å². The van der Waals surface area contributed by atoms with Gasteiger partial charge in [-0.3, -0.25) is 4.79 Å². The molecule has 0 unspecified atom stereocenters. The number of halogens is 8. The van der Waals surface area contributed by atoms with Crippen molar-refractivity contribution in [3.05, 3.63) is 52.1 Å². The molecule has 0 amide bonds.